The second kappa shape index (κ2) is 4.14. The van der Waals surface area contributed by atoms with Crippen molar-refractivity contribution in [1.82, 2.24) is 0 Å². The number of carbonyl (C=O) groups is 1. The summed E-state index contributed by atoms with van der Waals surface area (Å²) in [5.41, 5.74) is 0.614. The fraction of sp³-hybridized carbons (Fsp3) is 0.571. The molecule has 2 atom stereocenters. The zero-order valence-electron chi connectivity index (χ0n) is 10.8. The molecule has 3 rings (SSSR count). The third kappa shape index (κ3) is 1.60. The van der Waals surface area contributed by atoms with E-state index in [1.807, 2.05) is 32.2 Å². The van der Waals surface area contributed by atoms with Crippen molar-refractivity contribution in [3.63, 3.8) is 0 Å². The van der Waals surface area contributed by atoms with Gasteiger partial charge in [-0.05, 0) is 6.92 Å². The number of fused-ring (bicyclic) bond motifs is 1. The van der Waals surface area contributed by atoms with Crippen molar-refractivity contribution in [3.8, 4) is 0 Å². The SMILES string of the molecule is C[N+]1=C2C=CC=CC2C(C)(CC2OCCO2)C1=O. The van der Waals surface area contributed by atoms with E-state index in [-0.39, 0.29) is 18.1 Å². The third-order valence-electron chi connectivity index (χ3n) is 4.15. The molecular formula is C14H18NO3+. The first-order chi connectivity index (χ1) is 8.63. The Morgan fingerprint density at radius 3 is 2.83 bits per heavy atom. The van der Waals surface area contributed by atoms with Crippen LogP contribution in [0.3, 0.4) is 0 Å². The Morgan fingerprint density at radius 1 is 1.39 bits per heavy atom. The molecule has 1 aliphatic carbocycles. The fourth-order valence-corrected chi connectivity index (χ4v) is 3.11. The van der Waals surface area contributed by atoms with E-state index in [0.717, 1.165) is 5.71 Å². The number of ether oxygens (including phenoxy) is 2. The second-order valence-electron chi connectivity index (χ2n) is 5.30. The summed E-state index contributed by atoms with van der Waals surface area (Å²) < 4.78 is 12.8. The van der Waals surface area contributed by atoms with E-state index in [1.54, 1.807) is 4.58 Å². The molecule has 0 bridgehead atoms. The quantitative estimate of drug-likeness (QED) is 0.687. The van der Waals surface area contributed by atoms with Gasteiger partial charge in [0.05, 0.1) is 19.1 Å². The van der Waals surface area contributed by atoms with Crippen LogP contribution in [0.25, 0.3) is 0 Å². The highest BCUT2D eigenvalue weighted by atomic mass is 16.7. The molecule has 0 aromatic carbocycles. The molecule has 0 aromatic rings. The van der Waals surface area contributed by atoms with Crippen LogP contribution in [0.2, 0.25) is 0 Å². The smallest absolute Gasteiger partial charge is 0.350 e. The van der Waals surface area contributed by atoms with Gasteiger partial charge in [-0.3, -0.25) is 0 Å². The van der Waals surface area contributed by atoms with E-state index in [9.17, 15) is 4.79 Å². The molecule has 3 aliphatic rings. The lowest BCUT2D eigenvalue weighted by atomic mass is 9.72. The Labute approximate surface area is 107 Å². The van der Waals surface area contributed by atoms with Crippen molar-refractivity contribution in [1.29, 1.82) is 0 Å². The van der Waals surface area contributed by atoms with E-state index in [0.29, 0.717) is 19.6 Å². The molecule has 18 heavy (non-hydrogen) atoms. The van der Waals surface area contributed by atoms with Crippen molar-refractivity contribution >= 4 is 11.6 Å². The Hall–Kier alpha value is -1.26. The molecule has 4 nitrogen and oxygen atoms in total. The first-order valence-electron chi connectivity index (χ1n) is 6.36. The topological polar surface area (TPSA) is 38.5 Å². The summed E-state index contributed by atoms with van der Waals surface area (Å²) in [7, 11) is 1.84. The summed E-state index contributed by atoms with van der Waals surface area (Å²) in [4.78, 5) is 12.5. The lowest BCUT2D eigenvalue weighted by Gasteiger charge is -2.26. The molecule has 4 heteroatoms. The van der Waals surface area contributed by atoms with E-state index in [2.05, 4.69) is 6.08 Å². The van der Waals surface area contributed by atoms with E-state index in [1.165, 1.54) is 0 Å². The monoisotopic (exact) mass is 248 g/mol. The van der Waals surface area contributed by atoms with Crippen molar-refractivity contribution in [2.75, 3.05) is 20.3 Å². The van der Waals surface area contributed by atoms with Crippen LogP contribution in [-0.4, -0.2) is 42.7 Å². The van der Waals surface area contributed by atoms with Gasteiger partial charge in [-0.1, -0.05) is 18.2 Å². The van der Waals surface area contributed by atoms with Gasteiger partial charge in [0.1, 0.15) is 12.5 Å². The molecule has 1 fully saturated rings. The van der Waals surface area contributed by atoms with Crippen LogP contribution in [0.5, 0.6) is 0 Å². The molecule has 0 spiro atoms. The zero-order valence-corrected chi connectivity index (χ0v) is 10.8. The Kier molecular flexibility index (Phi) is 2.72. The molecule has 0 saturated carbocycles. The number of nitrogens with zero attached hydrogens (tertiary/aromatic N) is 1. The molecule has 2 heterocycles. The largest absolute Gasteiger partial charge is 0.394 e. The first-order valence-corrected chi connectivity index (χ1v) is 6.36. The van der Waals surface area contributed by atoms with Gasteiger partial charge >= 0.3 is 5.91 Å². The Bertz CT molecular complexity index is 471. The van der Waals surface area contributed by atoms with E-state index in [4.69, 9.17) is 9.47 Å². The molecule has 2 unspecified atom stereocenters. The van der Waals surface area contributed by atoms with Gasteiger partial charge in [-0.2, -0.15) is 4.58 Å². The number of hydrogen-bond acceptors (Lipinski definition) is 3. The summed E-state index contributed by atoms with van der Waals surface area (Å²) in [6, 6.07) is 0. The summed E-state index contributed by atoms with van der Waals surface area (Å²) in [5.74, 6) is 0.283. The zero-order chi connectivity index (χ0) is 12.8. The summed E-state index contributed by atoms with van der Waals surface area (Å²) >= 11 is 0. The minimum atomic E-state index is -0.458. The van der Waals surface area contributed by atoms with Crippen molar-refractivity contribution in [2.24, 2.45) is 11.3 Å². The average molecular weight is 248 g/mol. The van der Waals surface area contributed by atoms with E-state index >= 15 is 0 Å². The van der Waals surface area contributed by atoms with Crippen LogP contribution in [-0.2, 0) is 14.3 Å². The predicted octanol–water partition coefficient (Wildman–Crippen LogP) is 1.12. The molecule has 0 N–H and O–H groups in total. The lowest BCUT2D eigenvalue weighted by Crippen LogP contribution is -2.37. The van der Waals surface area contributed by atoms with Crippen molar-refractivity contribution in [2.45, 2.75) is 19.6 Å². The number of carbonyl (C=O) groups excluding carboxylic acids is 1. The molecular weight excluding hydrogens is 230 g/mol. The van der Waals surface area contributed by atoms with Gasteiger partial charge in [0.25, 0.3) is 0 Å². The van der Waals surface area contributed by atoms with Crippen LogP contribution in [0, 0.1) is 11.3 Å². The molecule has 2 aliphatic heterocycles. The van der Waals surface area contributed by atoms with Gasteiger partial charge < -0.3 is 9.47 Å². The second-order valence-corrected chi connectivity index (χ2v) is 5.30. The Balaban J connectivity index is 1.90. The van der Waals surface area contributed by atoms with Gasteiger partial charge in [0.15, 0.2) is 12.0 Å². The summed E-state index contributed by atoms with van der Waals surface area (Å²) in [6.07, 6.45) is 8.48. The van der Waals surface area contributed by atoms with Gasteiger partial charge in [-0.15, -0.1) is 0 Å². The predicted molar refractivity (Wildman–Crippen MR) is 66.4 cm³/mol. The normalized spacial score (nSPS) is 35.7. The van der Waals surface area contributed by atoms with E-state index < -0.39 is 5.41 Å². The van der Waals surface area contributed by atoms with Crippen LogP contribution >= 0.6 is 0 Å². The highest BCUT2D eigenvalue weighted by molar-refractivity contribution is 6.05. The molecule has 0 aromatic heterocycles. The minimum Gasteiger partial charge on any atom is -0.350 e. The maximum Gasteiger partial charge on any atom is 0.394 e. The van der Waals surface area contributed by atoms with Crippen molar-refractivity contribution < 1.29 is 18.8 Å². The number of amides is 1. The number of hydrogen-bond donors (Lipinski definition) is 0. The molecule has 1 saturated heterocycles. The lowest BCUT2D eigenvalue weighted by molar-refractivity contribution is -0.418. The molecule has 0 radical (unpaired) electrons. The highest BCUT2D eigenvalue weighted by Crippen LogP contribution is 2.42. The van der Waals surface area contributed by atoms with Crippen LogP contribution in [0.4, 0.5) is 0 Å². The first kappa shape index (κ1) is 11.8. The third-order valence-corrected chi connectivity index (χ3v) is 4.15. The summed E-state index contributed by atoms with van der Waals surface area (Å²) in [5, 5.41) is 0. The van der Waals surface area contributed by atoms with Crippen molar-refractivity contribution in [3.05, 3.63) is 24.3 Å². The number of rotatable bonds is 2. The fourth-order valence-electron chi connectivity index (χ4n) is 3.11. The Morgan fingerprint density at radius 2 is 2.11 bits per heavy atom. The average Bonchev–Trinajstić information content (AvgIpc) is 2.94. The summed E-state index contributed by atoms with van der Waals surface area (Å²) in [6.45, 7) is 3.27. The minimum absolute atomic E-state index is 0.132. The van der Waals surface area contributed by atoms with Crippen LogP contribution in [0.1, 0.15) is 13.3 Å². The van der Waals surface area contributed by atoms with Crippen LogP contribution in [0.15, 0.2) is 24.3 Å². The van der Waals surface area contributed by atoms with Crippen LogP contribution < -0.4 is 0 Å². The standard InChI is InChI=1S/C14H18NO3/c1-14(9-12-17-7-8-18-12)10-5-3-4-6-11(10)15(2)13(14)16/h3-6,10,12H,7-9H2,1-2H3/q+1. The molecule has 1 amide bonds. The molecule has 96 valence electrons. The van der Waals surface area contributed by atoms with Gasteiger partial charge in [0, 0.05) is 12.5 Å². The maximum absolute atomic E-state index is 12.5. The highest BCUT2D eigenvalue weighted by Gasteiger charge is 2.57. The number of allylic oxidation sites excluding steroid dienone is 4. The maximum atomic E-state index is 12.5. The van der Waals surface area contributed by atoms with Gasteiger partial charge in [-0.25, -0.2) is 4.79 Å². The van der Waals surface area contributed by atoms with Gasteiger partial charge in [0.2, 0.25) is 0 Å².